The second kappa shape index (κ2) is 8.10. The van der Waals surface area contributed by atoms with E-state index in [0.717, 1.165) is 16.3 Å². The van der Waals surface area contributed by atoms with Gasteiger partial charge in [-0.2, -0.15) is 5.10 Å². The van der Waals surface area contributed by atoms with Crippen LogP contribution in [0.2, 0.25) is 0 Å². The summed E-state index contributed by atoms with van der Waals surface area (Å²) in [5, 5.41) is 8.93. The van der Waals surface area contributed by atoms with Crippen molar-refractivity contribution in [1.29, 1.82) is 0 Å². The molecule has 0 fully saturated rings. The lowest BCUT2D eigenvalue weighted by atomic mass is 10.1. The number of aromatic nitrogens is 3. The highest BCUT2D eigenvalue weighted by atomic mass is 19.1. The fourth-order valence-electron chi connectivity index (χ4n) is 3.11. The molecule has 0 atom stereocenters. The number of hydrogen-bond acceptors (Lipinski definition) is 4. The number of nitrogens with one attached hydrogen (secondary N) is 1. The van der Waals surface area contributed by atoms with E-state index in [1.807, 2.05) is 24.3 Å². The van der Waals surface area contributed by atoms with Gasteiger partial charge in [-0.25, -0.2) is 4.39 Å². The van der Waals surface area contributed by atoms with Crippen LogP contribution in [0, 0.1) is 5.82 Å². The van der Waals surface area contributed by atoms with Crippen molar-refractivity contribution in [3.8, 4) is 5.75 Å². The summed E-state index contributed by atoms with van der Waals surface area (Å²) in [6, 6.07) is 15.6. The van der Waals surface area contributed by atoms with Gasteiger partial charge < -0.3 is 9.64 Å². The van der Waals surface area contributed by atoms with Crippen LogP contribution in [-0.2, 0) is 13.2 Å². The number of H-pyrrole nitrogens is 1. The minimum Gasteiger partial charge on any atom is -0.484 e. The number of nitrogens with zero attached hydrogens (tertiary/aromatic N) is 3. The summed E-state index contributed by atoms with van der Waals surface area (Å²) in [6.07, 6.45) is 3.54. The first-order valence-electron chi connectivity index (χ1n) is 9.10. The van der Waals surface area contributed by atoms with Crippen LogP contribution in [-0.4, -0.2) is 33.0 Å². The monoisotopic (exact) mass is 390 g/mol. The molecule has 0 aliphatic rings. The quantitative estimate of drug-likeness (QED) is 0.541. The highest BCUT2D eigenvalue weighted by molar-refractivity contribution is 5.92. The van der Waals surface area contributed by atoms with E-state index in [9.17, 15) is 9.18 Å². The molecule has 7 heteroatoms. The molecule has 4 aromatic rings. The number of halogens is 1. The Bertz CT molecular complexity index is 1150. The predicted molar refractivity (Wildman–Crippen MR) is 107 cm³/mol. The Morgan fingerprint density at radius 3 is 2.90 bits per heavy atom. The van der Waals surface area contributed by atoms with E-state index in [-0.39, 0.29) is 24.0 Å². The SMILES string of the molecule is CN(Cc1cccc2cnccc12)C(=O)c1cc(COc2ccccc2F)[nH]n1. The molecule has 29 heavy (non-hydrogen) atoms. The molecule has 2 aromatic carbocycles. The standard InChI is InChI=1S/C22H19FN4O2/c1-27(13-16-6-4-5-15-12-24-10-9-18(15)16)22(28)20-11-17(25-26-20)14-29-21-8-3-2-7-19(21)23/h2-12H,13-14H2,1H3,(H,25,26). The Labute approximate surface area is 167 Å². The third-order valence-electron chi connectivity index (χ3n) is 4.60. The Balaban J connectivity index is 1.43. The Kier molecular flexibility index (Phi) is 5.20. The molecule has 2 heterocycles. The number of carbonyl (C=O) groups excluding carboxylic acids is 1. The largest absolute Gasteiger partial charge is 0.484 e. The molecule has 2 aromatic heterocycles. The summed E-state index contributed by atoms with van der Waals surface area (Å²) >= 11 is 0. The van der Waals surface area contributed by atoms with E-state index in [1.165, 1.54) is 6.07 Å². The zero-order chi connectivity index (χ0) is 20.2. The maximum Gasteiger partial charge on any atom is 0.274 e. The van der Waals surface area contributed by atoms with Crippen molar-refractivity contribution in [3.63, 3.8) is 0 Å². The summed E-state index contributed by atoms with van der Waals surface area (Å²) in [5.41, 5.74) is 1.89. The number of pyridine rings is 1. The molecule has 146 valence electrons. The third-order valence-corrected chi connectivity index (χ3v) is 4.60. The highest BCUT2D eigenvalue weighted by Gasteiger charge is 2.17. The molecule has 1 amide bonds. The Hall–Kier alpha value is -3.74. The first-order chi connectivity index (χ1) is 14.1. The average Bonchev–Trinajstić information content (AvgIpc) is 3.22. The van der Waals surface area contributed by atoms with Gasteiger partial charge in [0.15, 0.2) is 17.3 Å². The zero-order valence-electron chi connectivity index (χ0n) is 15.8. The molecule has 0 radical (unpaired) electrons. The molecule has 0 unspecified atom stereocenters. The smallest absolute Gasteiger partial charge is 0.274 e. The van der Waals surface area contributed by atoms with Gasteiger partial charge >= 0.3 is 0 Å². The number of benzene rings is 2. The molecule has 0 bridgehead atoms. The second-order valence-corrected chi connectivity index (χ2v) is 6.67. The molecule has 0 saturated carbocycles. The van der Waals surface area contributed by atoms with Crippen molar-refractivity contribution in [2.75, 3.05) is 7.05 Å². The number of aromatic amines is 1. The van der Waals surface area contributed by atoms with Crippen LogP contribution >= 0.6 is 0 Å². The topological polar surface area (TPSA) is 71.1 Å². The fourth-order valence-corrected chi connectivity index (χ4v) is 3.11. The van der Waals surface area contributed by atoms with Gasteiger partial charge in [0, 0.05) is 31.4 Å². The summed E-state index contributed by atoms with van der Waals surface area (Å²) in [5.74, 6) is -0.504. The lowest BCUT2D eigenvalue weighted by molar-refractivity contribution is 0.0780. The van der Waals surface area contributed by atoms with Gasteiger partial charge in [-0.1, -0.05) is 30.3 Å². The number of rotatable bonds is 6. The van der Waals surface area contributed by atoms with Crippen LogP contribution in [0.4, 0.5) is 4.39 Å². The predicted octanol–water partition coefficient (Wildman–Crippen LogP) is 3.95. The Morgan fingerprint density at radius 1 is 1.17 bits per heavy atom. The normalized spacial score (nSPS) is 10.8. The third kappa shape index (κ3) is 4.08. The molecule has 1 N–H and O–H groups in total. The van der Waals surface area contributed by atoms with Crippen molar-refractivity contribution in [2.45, 2.75) is 13.2 Å². The van der Waals surface area contributed by atoms with E-state index >= 15 is 0 Å². The van der Waals surface area contributed by atoms with Gasteiger partial charge in [0.1, 0.15) is 6.61 Å². The number of amides is 1. The van der Waals surface area contributed by atoms with Crippen molar-refractivity contribution in [3.05, 3.63) is 89.8 Å². The van der Waals surface area contributed by atoms with Gasteiger partial charge in [0.05, 0.1) is 5.69 Å². The minimum absolute atomic E-state index is 0.0846. The lowest BCUT2D eigenvalue weighted by Gasteiger charge is -2.17. The van der Waals surface area contributed by atoms with Crippen LogP contribution in [0.25, 0.3) is 10.8 Å². The van der Waals surface area contributed by atoms with Crippen LogP contribution in [0.5, 0.6) is 5.75 Å². The molecule has 0 spiro atoms. The molecule has 4 rings (SSSR count). The zero-order valence-corrected chi connectivity index (χ0v) is 15.8. The van der Waals surface area contributed by atoms with E-state index in [2.05, 4.69) is 15.2 Å². The first kappa shape index (κ1) is 18.6. The number of ether oxygens (including phenoxy) is 1. The second-order valence-electron chi connectivity index (χ2n) is 6.67. The molecule has 0 aliphatic heterocycles. The average molecular weight is 390 g/mol. The van der Waals surface area contributed by atoms with Gasteiger partial charge in [0.25, 0.3) is 5.91 Å². The summed E-state index contributed by atoms with van der Waals surface area (Å²) in [4.78, 5) is 18.5. The highest BCUT2D eigenvalue weighted by Crippen LogP contribution is 2.20. The molecular weight excluding hydrogens is 371 g/mol. The molecule has 6 nitrogen and oxygen atoms in total. The summed E-state index contributed by atoms with van der Waals surface area (Å²) in [7, 11) is 1.73. The van der Waals surface area contributed by atoms with Crippen molar-refractivity contribution in [1.82, 2.24) is 20.1 Å². The molecule has 0 aliphatic carbocycles. The first-order valence-corrected chi connectivity index (χ1v) is 9.10. The van der Waals surface area contributed by atoms with E-state index in [0.29, 0.717) is 12.2 Å². The van der Waals surface area contributed by atoms with Crippen molar-refractivity contribution in [2.24, 2.45) is 0 Å². The maximum absolute atomic E-state index is 13.6. The van der Waals surface area contributed by atoms with Crippen LogP contribution in [0.15, 0.2) is 67.0 Å². The summed E-state index contributed by atoms with van der Waals surface area (Å²) < 4.78 is 19.1. The fraction of sp³-hybridized carbons (Fsp3) is 0.136. The van der Waals surface area contributed by atoms with Gasteiger partial charge in [-0.05, 0) is 35.2 Å². The number of fused-ring (bicyclic) bond motifs is 1. The molecular formula is C22H19FN4O2. The van der Waals surface area contributed by atoms with Crippen molar-refractivity contribution >= 4 is 16.7 Å². The number of para-hydroxylation sites is 1. The molecule has 0 saturated heterocycles. The maximum atomic E-state index is 13.6. The van der Waals surface area contributed by atoms with Crippen LogP contribution in [0.1, 0.15) is 21.7 Å². The minimum atomic E-state index is -0.437. The Morgan fingerprint density at radius 2 is 2.03 bits per heavy atom. The number of carbonyl (C=O) groups is 1. The van der Waals surface area contributed by atoms with Crippen LogP contribution in [0.3, 0.4) is 0 Å². The summed E-state index contributed by atoms with van der Waals surface area (Å²) in [6.45, 7) is 0.523. The number of hydrogen-bond donors (Lipinski definition) is 1. The van der Waals surface area contributed by atoms with Gasteiger partial charge in [-0.15, -0.1) is 0 Å². The lowest BCUT2D eigenvalue weighted by Crippen LogP contribution is -2.26. The van der Waals surface area contributed by atoms with E-state index < -0.39 is 5.82 Å². The van der Waals surface area contributed by atoms with Gasteiger partial charge in [-0.3, -0.25) is 14.9 Å². The van der Waals surface area contributed by atoms with Crippen LogP contribution < -0.4 is 4.74 Å². The van der Waals surface area contributed by atoms with E-state index in [4.69, 9.17) is 4.74 Å². The van der Waals surface area contributed by atoms with Gasteiger partial charge in [0.2, 0.25) is 0 Å². The van der Waals surface area contributed by atoms with Crippen molar-refractivity contribution < 1.29 is 13.9 Å². The van der Waals surface area contributed by atoms with E-state index in [1.54, 1.807) is 48.6 Å².